The van der Waals surface area contributed by atoms with Gasteiger partial charge in [0, 0.05) is 16.7 Å². The average Bonchev–Trinajstić information content (AvgIpc) is 3.85. The van der Waals surface area contributed by atoms with Crippen LogP contribution in [0, 0.1) is 0 Å². The Morgan fingerprint density at radius 1 is 0.345 bits per heavy atom. The lowest BCUT2D eigenvalue weighted by Crippen LogP contribution is -1.98. The second kappa shape index (κ2) is 14.2. The van der Waals surface area contributed by atoms with Gasteiger partial charge >= 0.3 is 0 Å². The number of thiazole rings is 1. The van der Waals surface area contributed by atoms with Crippen LogP contribution in [0.1, 0.15) is 0 Å². The van der Waals surface area contributed by atoms with E-state index in [0.29, 0.717) is 5.82 Å². The Morgan fingerprint density at radius 3 is 1.38 bits per heavy atom. The molecule has 11 aromatic rings. The van der Waals surface area contributed by atoms with Crippen LogP contribution in [0.4, 0.5) is 0 Å². The summed E-state index contributed by atoms with van der Waals surface area (Å²) in [5, 5.41) is 0. The van der Waals surface area contributed by atoms with Crippen molar-refractivity contribution in [2.24, 2.45) is 0 Å². The normalized spacial score (nSPS) is 11.4. The second-order valence-corrected chi connectivity index (χ2v) is 15.5. The Kier molecular flexibility index (Phi) is 8.30. The Balaban J connectivity index is 1.17. The SMILES string of the molecule is c1ccc(-c2ccc3sc4nc5ccc(-c6c(-c7ccccc7)cc(-c7nc(-c8ccccc8)cc(-c8ccccc8)n7)cc6-c6ccccc6)cc5n4c3c2)cc1. The molecule has 0 fully saturated rings. The van der Waals surface area contributed by atoms with Crippen LogP contribution < -0.4 is 0 Å². The highest BCUT2D eigenvalue weighted by Crippen LogP contribution is 2.45. The van der Waals surface area contributed by atoms with Crippen molar-refractivity contribution in [1.29, 1.82) is 0 Å². The third-order valence-electron chi connectivity index (χ3n) is 10.9. The summed E-state index contributed by atoms with van der Waals surface area (Å²) in [6.07, 6.45) is 0. The van der Waals surface area contributed by atoms with Crippen LogP contribution in [0.15, 0.2) is 206 Å². The van der Waals surface area contributed by atoms with E-state index in [1.54, 1.807) is 11.3 Å². The summed E-state index contributed by atoms with van der Waals surface area (Å²) < 4.78 is 3.54. The van der Waals surface area contributed by atoms with Gasteiger partial charge in [0.25, 0.3) is 0 Å². The lowest BCUT2D eigenvalue weighted by Gasteiger charge is -2.19. The van der Waals surface area contributed by atoms with Crippen LogP contribution in [-0.2, 0) is 0 Å². The summed E-state index contributed by atoms with van der Waals surface area (Å²) in [6.45, 7) is 0. The molecule has 0 saturated carbocycles. The molecule has 4 nitrogen and oxygen atoms in total. The van der Waals surface area contributed by atoms with Crippen molar-refractivity contribution in [2.75, 3.05) is 0 Å². The summed E-state index contributed by atoms with van der Waals surface area (Å²) in [4.78, 5) is 16.7. The molecule has 0 aliphatic heterocycles. The van der Waals surface area contributed by atoms with Gasteiger partial charge in [-0.05, 0) is 87.0 Å². The maximum Gasteiger partial charge on any atom is 0.195 e. The zero-order valence-corrected chi connectivity index (χ0v) is 32.1. The molecule has 5 heteroatoms. The molecule has 3 heterocycles. The molecule has 0 atom stereocenters. The highest BCUT2D eigenvalue weighted by molar-refractivity contribution is 7.23. The van der Waals surface area contributed by atoms with Gasteiger partial charge in [-0.1, -0.05) is 175 Å². The molecule has 0 bridgehead atoms. The molecule has 0 saturated heterocycles. The first kappa shape index (κ1) is 33.8. The average molecular weight is 759 g/mol. The fourth-order valence-corrected chi connectivity index (χ4v) is 9.08. The van der Waals surface area contributed by atoms with Gasteiger partial charge in [-0.2, -0.15) is 0 Å². The zero-order valence-electron chi connectivity index (χ0n) is 31.3. The molecule has 0 amide bonds. The van der Waals surface area contributed by atoms with E-state index in [-0.39, 0.29) is 0 Å². The molecule has 0 radical (unpaired) electrons. The third-order valence-corrected chi connectivity index (χ3v) is 11.9. The van der Waals surface area contributed by atoms with Crippen LogP contribution in [-0.4, -0.2) is 19.4 Å². The van der Waals surface area contributed by atoms with E-state index in [2.05, 4.69) is 199 Å². The number of nitrogens with zero attached hydrogens (tertiary/aromatic N) is 4. The summed E-state index contributed by atoms with van der Waals surface area (Å²) in [6, 6.07) is 72.8. The zero-order chi connectivity index (χ0) is 38.4. The number of imidazole rings is 1. The molecular formula is C53H34N4S. The monoisotopic (exact) mass is 758 g/mol. The number of hydrogen-bond acceptors (Lipinski definition) is 4. The van der Waals surface area contributed by atoms with Gasteiger partial charge in [0.05, 0.1) is 32.6 Å². The van der Waals surface area contributed by atoms with Crippen molar-refractivity contribution in [1.82, 2.24) is 19.4 Å². The fraction of sp³-hybridized carbons (Fsp3) is 0. The van der Waals surface area contributed by atoms with Crippen LogP contribution in [0.25, 0.3) is 105 Å². The Labute approximate surface area is 340 Å². The largest absolute Gasteiger partial charge is 0.283 e. The number of rotatable bonds is 7. The predicted molar refractivity (Wildman–Crippen MR) is 242 cm³/mol. The lowest BCUT2D eigenvalue weighted by molar-refractivity contribution is 1.18. The molecule has 58 heavy (non-hydrogen) atoms. The van der Waals surface area contributed by atoms with Crippen molar-refractivity contribution in [3.05, 3.63) is 206 Å². The van der Waals surface area contributed by atoms with Gasteiger partial charge in [-0.15, -0.1) is 0 Å². The molecule has 8 aromatic carbocycles. The fourth-order valence-electron chi connectivity index (χ4n) is 8.06. The van der Waals surface area contributed by atoms with Gasteiger partial charge in [-0.25, -0.2) is 15.0 Å². The van der Waals surface area contributed by atoms with Gasteiger partial charge in [0.15, 0.2) is 10.8 Å². The van der Waals surface area contributed by atoms with E-state index in [1.165, 1.54) is 15.8 Å². The summed E-state index contributed by atoms with van der Waals surface area (Å²) >= 11 is 1.73. The standard InChI is InChI=1S/C53H34N4S/c1-6-16-35(17-7-1)40-27-29-50-49(32-40)57-48-33-41(26-28-45(48)56-53(57)58-50)51-43(36-18-8-2-9-19-36)30-42(31-44(51)37-20-10-3-11-21-37)52-54-46(38-22-12-4-13-23-38)34-47(55-52)39-24-14-5-15-25-39/h1-34H. The smallest absolute Gasteiger partial charge is 0.195 e. The van der Waals surface area contributed by atoms with Gasteiger partial charge in [0.1, 0.15) is 0 Å². The third kappa shape index (κ3) is 6.06. The van der Waals surface area contributed by atoms with Crippen molar-refractivity contribution in [2.45, 2.75) is 0 Å². The quantitative estimate of drug-likeness (QED) is 0.163. The maximum atomic E-state index is 5.27. The Morgan fingerprint density at radius 2 is 0.828 bits per heavy atom. The summed E-state index contributed by atoms with van der Waals surface area (Å²) in [5.41, 5.74) is 17.1. The first-order valence-electron chi connectivity index (χ1n) is 19.4. The van der Waals surface area contributed by atoms with E-state index in [1.807, 2.05) is 12.1 Å². The van der Waals surface area contributed by atoms with Crippen LogP contribution in [0.2, 0.25) is 0 Å². The van der Waals surface area contributed by atoms with E-state index in [4.69, 9.17) is 15.0 Å². The van der Waals surface area contributed by atoms with E-state index < -0.39 is 0 Å². The van der Waals surface area contributed by atoms with Gasteiger partial charge in [0.2, 0.25) is 0 Å². The van der Waals surface area contributed by atoms with E-state index in [9.17, 15) is 0 Å². The van der Waals surface area contributed by atoms with Crippen molar-refractivity contribution < 1.29 is 0 Å². The maximum absolute atomic E-state index is 5.27. The lowest BCUT2D eigenvalue weighted by atomic mass is 9.85. The highest BCUT2D eigenvalue weighted by Gasteiger charge is 2.21. The first-order valence-corrected chi connectivity index (χ1v) is 20.2. The minimum Gasteiger partial charge on any atom is -0.283 e. The van der Waals surface area contributed by atoms with Crippen molar-refractivity contribution in [3.63, 3.8) is 0 Å². The molecule has 0 aliphatic rings. The minimum atomic E-state index is 0.674. The minimum absolute atomic E-state index is 0.674. The predicted octanol–water partition coefficient (Wildman–Crippen LogP) is 14.2. The van der Waals surface area contributed by atoms with Crippen molar-refractivity contribution in [3.8, 4) is 78.4 Å². The topological polar surface area (TPSA) is 43.1 Å². The molecule has 3 aromatic heterocycles. The van der Waals surface area contributed by atoms with Gasteiger partial charge in [-0.3, -0.25) is 4.40 Å². The van der Waals surface area contributed by atoms with Crippen LogP contribution in [0.3, 0.4) is 0 Å². The summed E-state index contributed by atoms with van der Waals surface area (Å²) in [7, 11) is 0. The number of hydrogen-bond donors (Lipinski definition) is 0. The highest BCUT2D eigenvalue weighted by atomic mass is 32.1. The van der Waals surface area contributed by atoms with Gasteiger partial charge < -0.3 is 0 Å². The molecular weight excluding hydrogens is 725 g/mol. The molecule has 0 N–H and O–H groups in total. The number of aromatic nitrogens is 4. The molecule has 11 rings (SSSR count). The number of fused-ring (bicyclic) bond motifs is 5. The molecule has 272 valence electrons. The molecule has 0 spiro atoms. The van der Waals surface area contributed by atoms with Crippen LogP contribution in [0.5, 0.6) is 0 Å². The van der Waals surface area contributed by atoms with Crippen molar-refractivity contribution >= 4 is 37.5 Å². The van der Waals surface area contributed by atoms with E-state index >= 15 is 0 Å². The molecule has 0 unspecified atom stereocenters. The summed E-state index contributed by atoms with van der Waals surface area (Å²) in [5.74, 6) is 0.674. The number of benzene rings is 8. The Bertz CT molecular complexity index is 3130. The second-order valence-electron chi connectivity index (χ2n) is 14.5. The molecule has 0 aliphatic carbocycles. The van der Waals surface area contributed by atoms with Crippen LogP contribution >= 0.6 is 11.3 Å². The Hall–Kier alpha value is -7.47. The first-order chi connectivity index (χ1) is 28.7. The van der Waals surface area contributed by atoms with E-state index in [0.717, 1.165) is 83.0 Å².